The van der Waals surface area contributed by atoms with Crippen LogP contribution in [0.1, 0.15) is 110 Å². The van der Waals surface area contributed by atoms with Crippen molar-refractivity contribution in [3.05, 3.63) is 0 Å². The molecular formula is C25H51NO4. The lowest BCUT2D eigenvalue weighted by molar-refractivity contribution is -0.929. The topological polar surface area (TPSA) is 69.6 Å². The normalized spacial score (nSPS) is 13.1. The average molecular weight is 430 g/mol. The van der Waals surface area contributed by atoms with Gasteiger partial charge in [0.05, 0.1) is 27.2 Å². The summed E-state index contributed by atoms with van der Waals surface area (Å²) >= 11 is 0. The lowest BCUT2D eigenvalue weighted by atomic mass is 10.0. The van der Waals surface area contributed by atoms with Crippen molar-refractivity contribution in [2.75, 3.05) is 33.9 Å². The van der Waals surface area contributed by atoms with E-state index in [-0.39, 0.29) is 4.48 Å². The molecule has 0 amide bonds. The van der Waals surface area contributed by atoms with Gasteiger partial charge < -0.3 is 19.7 Å². The van der Waals surface area contributed by atoms with E-state index in [0.29, 0.717) is 13.2 Å². The number of carbonyl (C=O) groups excluding carboxylic acids is 1. The van der Waals surface area contributed by atoms with Gasteiger partial charge in [0.25, 0.3) is 0 Å². The fraction of sp³-hybridized carbons (Fsp3) is 0.960. The molecule has 0 rings (SSSR count). The summed E-state index contributed by atoms with van der Waals surface area (Å²) in [5.41, 5.74) is 0. The lowest BCUT2D eigenvalue weighted by Gasteiger charge is -2.34. The van der Waals surface area contributed by atoms with Gasteiger partial charge in [0, 0.05) is 13.0 Å². The van der Waals surface area contributed by atoms with Crippen LogP contribution in [-0.2, 0) is 9.53 Å². The minimum atomic E-state index is -1.48. The molecule has 0 saturated heterocycles. The van der Waals surface area contributed by atoms with E-state index in [0.717, 1.165) is 25.4 Å². The van der Waals surface area contributed by atoms with E-state index in [9.17, 15) is 15.0 Å². The molecule has 5 heteroatoms. The van der Waals surface area contributed by atoms with Gasteiger partial charge in [-0.15, -0.1) is 0 Å². The third-order valence-electron chi connectivity index (χ3n) is 5.97. The molecule has 1 unspecified atom stereocenters. The zero-order valence-corrected chi connectivity index (χ0v) is 20.5. The minimum absolute atomic E-state index is 0.00396. The van der Waals surface area contributed by atoms with Gasteiger partial charge in [0.1, 0.15) is 5.97 Å². The van der Waals surface area contributed by atoms with Crippen molar-refractivity contribution in [2.45, 2.75) is 116 Å². The van der Waals surface area contributed by atoms with Gasteiger partial charge in [-0.05, 0) is 12.3 Å². The van der Waals surface area contributed by atoms with E-state index in [1.165, 1.54) is 83.5 Å². The number of nitrogens with zero attached hydrogens (tertiary/aromatic N) is 1. The Balaban J connectivity index is 3.24. The van der Waals surface area contributed by atoms with Gasteiger partial charge in [0.15, 0.2) is 0 Å². The molecule has 30 heavy (non-hydrogen) atoms. The Morgan fingerprint density at radius 2 is 1.17 bits per heavy atom. The average Bonchev–Trinajstić information content (AvgIpc) is 2.68. The van der Waals surface area contributed by atoms with E-state index in [2.05, 4.69) is 13.8 Å². The highest BCUT2D eigenvalue weighted by molar-refractivity contribution is 5.67. The van der Waals surface area contributed by atoms with E-state index < -0.39 is 12.2 Å². The number of hydrogen-bond acceptors (Lipinski definition) is 4. The Kier molecular flexibility index (Phi) is 18.7. The van der Waals surface area contributed by atoms with E-state index in [1.54, 1.807) is 14.1 Å². The maximum atomic E-state index is 10.7. The van der Waals surface area contributed by atoms with Crippen molar-refractivity contribution >= 4 is 5.97 Å². The number of aliphatic hydroxyl groups is 1. The minimum Gasteiger partial charge on any atom is -0.542 e. The smallest absolute Gasteiger partial charge is 0.231 e. The maximum absolute atomic E-state index is 10.7. The zero-order valence-electron chi connectivity index (χ0n) is 20.5. The number of rotatable bonds is 22. The van der Waals surface area contributed by atoms with Crippen LogP contribution in [0.25, 0.3) is 0 Å². The highest BCUT2D eigenvalue weighted by Crippen LogP contribution is 2.14. The fourth-order valence-electron chi connectivity index (χ4n) is 3.79. The first kappa shape index (κ1) is 29.4. The predicted octanol–water partition coefficient (Wildman–Crippen LogP) is 4.66. The van der Waals surface area contributed by atoms with Crippen molar-refractivity contribution in [2.24, 2.45) is 5.92 Å². The van der Waals surface area contributed by atoms with Gasteiger partial charge in [-0.3, -0.25) is 4.48 Å². The van der Waals surface area contributed by atoms with Crippen molar-refractivity contribution in [3.8, 4) is 0 Å². The molecule has 0 aliphatic carbocycles. The third kappa shape index (κ3) is 18.1. The predicted molar refractivity (Wildman–Crippen MR) is 123 cm³/mol. The number of carboxylic acid groups (broad SMARTS) is 1. The summed E-state index contributed by atoms with van der Waals surface area (Å²) in [6.45, 7) is 6.56. The molecule has 0 saturated carbocycles. The number of unbranched alkanes of at least 4 members (excludes halogenated alkanes) is 12. The van der Waals surface area contributed by atoms with E-state index in [4.69, 9.17) is 4.74 Å². The van der Waals surface area contributed by atoms with Crippen LogP contribution < -0.4 is 5.11 Å². The van der Waals surface area contributed by atoms with Gasteiger partial charge in [0.2, 0.25) is 6.23 Å². The molecule has 180 valence electrons. The Hall–Kier alpha value is -0.650. The van der Waals surface area contributed by atoms with Crippen molar-refractivity contribution in [1.29, 1.82) is 0 Å². The molecule has 0 radical (unpaired) electrons. The van der Waals surface area contributed by atoms with Crippen LogP contribution in [0.15, 0.2) is 0 Å². The Bertz CT molecular complexity index is 399. The number of hydrogen-bond donors (Lipinski definition) is 1. The first-order chi connectivity index (χ1) is 14.3. The summed E-state index contributed by atoms with van der Waals surface area (Å²) in [6.07, 6.45) is 18.2. The highest BCUT2D eigenvalue weighted by Gasteiger charge is 2.26. The Morgan fingerprint density at radius 1 is 0.767 bits per heavy atom. The molecule has 0 aliphatic heterocycles. The van der Waals surface area contributed by atoms with Gasteiger partial charge in [-0.1, -0.05) is 97.3 Å². The number of ether oxygens (including phenoxy) is 1. The van der Waals surface area contributed by atoms with Crippen LogP contribution in [0.3, 0.4) is 0 Å². The van der Waals surface area contributed by atoms with Gasteiger partial charge in [-0.25, -0.2) is 0 Å². The van der Waals surface area contributed by atoms with Gasteiger partial charge in [-0.2, -0.15) is 0 Å². The Labute approximate surface area is 186 Å². The molecule has 0 aromatic heterocycles. The summed E-state index contributed by atoms with van der Waals surface area (Å²) in [7, 11) is 3.38. The maximum Gasteiger partial charge on any atom is 0.231 e. The highest BCUT2D eigenvalue weighted by atomic mass is 16.5. The number of aliphatic hydroxyl groups excluding tert-OH is 1. The number of likely N-dealkylation sites (N-methyl/N-ethyl adjacent to an activating group) is 1. The Morgan fingerprint density at radius 3 is 1.60 bits per heavy atom. The molecule has 0 bridgehead atoms. The monoisotopic (exact) mass is 429 g/mol. The number of carboxylic acids is 1. The second kappa shape index (κ2) is 19.1. The fourth-order valence-corrected chi connectivity index (χ4v) is 3.79. The molecule has 1 N–H and O–H groups in total. The van der Waals surface area contributed by atoms with E-state index >= 15 is 0 Å². The second-order valence-electron chi connectivity index (χ2n) is 9.94. The third-order valence-corrected chi connectivity index (χ3v) is 5.97. The van der Waals surface area contributed by atoms with Crippen molar-refractivity contribution in [1.82, 2.24) is 0 Å². The second-order valence-corrected chi connectivity index (χ2v) is 9.94. The zero-order chi connectivity index (χ0) is 22.7. The largest absolute Gasteiger partial charge is 0.542 e. The van der Waals surface area contributed by atoms with Crippen LogP contribution in [0.2, 0.25) is 0 Å². The summed E-state index contributed by atoms with van der Waals surface area (Å²) in [4.78, 5) is 10.7. The first-order valence-electron chi connectivity index (χ1n) is 12.6. The van der Waals surface area contributed by atoms with Gasteiger partial charge >= 0.3 is 0 Å². The molecular weight excluding hydrogens is 378 g/mol. The van der Waals surface area contributed by atoms with Crippen LogP contribution in [0, 0.1) is 5.92 Å². The quantitative estimate of drug-likeness (QED) is 0.154. The molecule has 0 heterocycles. The molecule has 0 aliphatic rings. The molecule has 0 aromatic rings. The van der Waals surface area contributed by atoms with Crippen LogP contribution in [0.5, 0.6) is 0 Å². The summed E-state index contributed by atoms with van der Waals surface area (Å²) in [6, 6.07) is 0. The van der Waals surface area contributed by atoms with E-state index in [1.807, 2.05) is 0 Å². The summed E-state index contributed by atoms with van der Waals surface area (Å²) < 4.78 is 5.64. The van der Waals surface area contributed by atoms with Crippen LogP contribution in [0.4, 0.5) is 0 Å². The summed E-state index contributed by atoms with van der Waals surface area (Å²) in [5, 5.41) is 20.3. The van der Waals surface area contributed by atoms with Crippen molar-refractivity contribution < 1.29 is 24.2 Å². The molecule has 1 atom stereocenters. The molecule has 0 fully saturated rings. The lowest BCUT2D eigenvalue weighted by Crippen LogP contribution is -2.57. The molecule has 5 nitrogen and oxygen atoms in total. The molecule has 0 spiro atoms. The molecule has 0 aromatic carbocycles. The first-order valence-corrected chi connectivity index (χ1v) is 12.6. The van der Waals surface area contributed by atoms with Crippen LogP contribution >= 0.6 is 0 Å². The number of carbonyl (C=O) groups is 1. The SMILES string of the molecule is CC(C)CCCCCCCCCCCCCCCOCCC[N+](C)(C)C(O)C(=O)[O-]. The van der Waals surface area contributed by atoms with Crippen molar-refractivity contribution in [3.63, 3.8) is 0 Å². The standard InChI is InChI=1S/C25H51NO4/c1-23(2)19-16-14-12-10-8-6-5-7-9-11-13-15-17-21-30-22-18-20-26(3,4)24(27)25(28)29/h23-24,27H,5-22H2,1-4H3. The van der Waals surface area contributed by atoms with Crippen LogP contribution in [-0.4, -0.2) is 55.6 Å². The number of aliphatic carboxylic acids is 1. The summed E-state index contributed by atoms with van der Waals surface area (Å²) in [5.74, 6) is -0.561. The number of quaternary nitrogens is 1.